The van der Waals surface area contributed by atoms with E-state index in [0.29, 0.717) is 6.42 Å². The van der Waals surface area contributed by atoms with Crippen LogP contribution in [0.25, 0.3) is 0 Å². The third-order valence-corrected chi connectivity index (χ3v) is 5.92. The van der Waals surface area contributed by atoms with Crippen LogP contribution in [0.1, 0.15) is 52.9 Å². The monoisotopic (exact) mass is 284 g/mol. The van der Waals surface area contributed by atoms with Gasteiger partial charge in [-0.3, -0.25) is 9.59 Å². The molecule has 0 spiro atoms. The van der Waals surface area contributed by atoms with Crippen LogP contribution in [-0.2, 0) is 14.3 Å². The predicted molar refractivity (Wildman–Crippen MR) is 71.9 cm³/mol. The van der Waals surface area contributed by atoms with Gasteiger partial charge >= 0.3 is 5.97 Å². The van der Waals surface area contributed by atoms with Gasteiger partial charge in [0.2, 0.25) is 0 Å². The van der Waals surface area contributed by atoms with Crippen molar-refractivity contribution in [2.24, 2.45) is 17.3 Å². The van der Waals surface area contributed by atoms with E-state index in [1.807, 2.05) is 0 Å². The molecule has 4 atom stereocenters. The first-order chi connectivity index (χ1) is 8.71. The minimum Gasteiger partial charge on any atom is -0.458 e. The molecule has 0 aromatic rings. The molecule has 4 heteroatoms. The van der Waals surface area contributed by atoms with Crippen molar-refractivity contribution in [3.05, 3.63) is 0 Å². The number of halogens is 1. The molecule has 0 radical (unpaired) electrons. The van der Waals surface area contributed by atoms with Crippen molar-refractivity contribution in [3.63, 3.8) is 0 Å². The first kappa shape index (κ1) is 13.4. The first-order valence-electron chi connectivity index (χ1n) is 7.12. The number of ether oxygens (including phenoxy) is 1. The maximum Gasteiger partial charge on any atom is 0.303 e. The highest BCUT2D eigenvalue weighted by Gasteiger charge is 2.77. The first-order valence-corrected chi connectivity index (χ1v) is 7.50. The van der Waals surface area contributed by atoms with Gasteiger partial charge in [0.25, 0.3) is 0 Å². The molecule has 3 fully saturated rings. The Hall–Kier alpha value is -0.570. The smallest absolute Gasteiger partial charge is 0.303 e. The van der Waals surface area contributed by atoms with Gasteiger partial charge in [-0.2, -0.15) is 0 Å². The second-order valence-corrected chi connectivity index (χ2v) is 8.04. The molecule has 4 unspecified atom stereocenters. The third kappa shape index (κ3) is 1.63. The summed E-state index contributed by atoms with van der Waals surface area (Å²) in [5, 5.41) is 0. The van der Waals surface area contributed by atoms with Crippen molar-refractivity contribution in [2.45, 2.75) is 63.4 Å². The number of fused-ring (bicyclic) bond motifs is 4. The summed E-state index contributed by atoms with van der Waals surface area (Å²) in [4.78, 5) is 23.6. The van der Waals surface area contributed by atoms with Gasteiger partial charge in [0, 0.05) is 19.3 Å². The van der Waals surface area contributed by atoms with Gasteiger partial charge in [-0.1, -0.05) is 20.3 Å². The Morgan fingerprint density at radius 2 is 2.11 bits per heavy atom. The van der Waals surface area contributed by atoms with Crippen LogP contribution in [0, 0.1) is 17.3 Å². The zero-order valence-electron chi connectivity index (χ0n) is 11.8. The fourth-order valence-electron chi connectivity index (χ4n) is 5.08. The largest absolute Gasteiger partial charge is 0.458 e. The van der Waals surface area contributed by atoms with E-state index in [1.54, 1.807) is 0 Å². The van der Waals surface area contributed by atoms with Crippen molar-refractivity contribution in [2.75, 3.05) is 0 Å². The fraction of sp³-hybridized carbons (Fsp3) is 0.867. The predicted octanol–water partition coefficient (Wildman–Crippen LogP) is 3.08. The van der Waals surface area contributed by atoms with Crippen molar-refractivity contribution < 1.29 is 14.3 Å². The summed E-state index contributed by atoms with van der Waals surface area (Å²) >= 11 is 6.73. The quantitative estimate of drug-likeness (QED) is 0.549. The van der Waals surface area contributed by atoms with Crippen LogP contribution < -0.4 is 0 Å². The fourth-order valence-corrected chi connectivity index (χ4v) is 5.82. The molecule has 3 aliphatic carbocycles. The van der Waals surface area contributed by atoms with E-state index in [-0.39, 0.29) is 29.0 Å². The molecule has 0 saturated heterocycles. The summed E-state index contributed by atoms with van der Waals surface area (Å²) in [7, 11) is 0. The molecule has 3 saturated carbocycles. The van der Waals surface area contributed by atoms with Crippen LogP contribution in [0.4, 0.5) is 0 Å². The lowest BCUT2D eigenvalue weighted by molar-refractivity contribution is -0.229. The molecule has 0 N–H and O–H groups in total. The topological polar surface area (TPSA) is 43.4 Å². The minimum atomic E-state index is -0.622. The lowest BCUT2D eigenvalue weighted by atomic mass is 9.45. The Morgan fingerprint density at radius 3 is 2.74 bits per heavy atom. The summed E-state index contributed by atoms with van der Waals surface area (Å²) in [6, 6.07) is 0. The Balaban J connectivity index is 2.03. The van der Waals surface area contributed by atoms with Crippen molar-refractivity contribution in [1.29, 1.82) is 0 Å². The summed E-state index contributed by atoms with van der Waals surface area (Å²) in [5.41, 5.74) is -0.729. The molecule has 3 aliphatic rings. The average molecular weight is 285 g/mol. The van der Waals surface area contributed by atoms with Crippen LogP contribution in [0.3, 0.4) is 0 Å². The van der Waals surface area contributed by atoms with E-state index in [4.69, 9.17) is 16.3 Å². The van der Waals surface area contributed by atoms with E-state index in [0.717, 1.165) is 25.7 Å². The molecular weight excluding hydrogens is 264 g/mol. The van der Waals surface area contributed by atoms with Crippen LogP contribution in [0.2, 0.25) is 0 Å². The van der Waals surface area contributed by atoms with Gasteiger partial charge in [0.05, 0.1) is 10.8 Å². The van der Waals surface area contributed by atoms with Gasteiger partial charge in [0.15, 0.2) is 0 Å². The molecule has 3 nitrogen and oxygen atoms in total. The Labute approximate surface area is 119 Å². The number of hydrogen-bond acceptors (Lipinski definition) is 3. The maximum absolute atomic E-state index is 12.5. The van der Waals surface area contributed by atoms with Crippen LogP contribution >= 0.6 is 11.6 Å². The minimum absolute atomic E-state index is 0.107. The van der Waals surface area contributed by atoms with Crippen molar-refractivity contribution in [1.82, 2.24) is 0 Å². The van der Waals surface area contributed by atoms with Gasteiger partial charge in [-0.05, 0) is 24.7 Å². The highest BCUT2D eigenvalue weighted by molar-refractivity contribution is 6.27. The van der Waals surface area contributed by atoms with Crippen molar-refractivity contribution >= 4 is 23.4 Å². The van der Waals surface area contributed by atoms with Crippen LogP contribution in [-0.4, -0.2) is 22.2 Å². The molecule has 19 heavy (non-hydrogen) atoms. The second-order valence-electron chi connectivity index (χ2n) is 7.34. The Kier molecular flexibility index (Phi) is 2.65. The van der Waals surface area contributed by atoms with Gasteiger partial charge < -0.3 is 4.74 Å². The number of Topliss-reactive ketones (excluding diaryl/α,β-unsaturated/α-hetero) is 1. The highest BCUT2D eigenvalue weighted by atomic mass is 35.5. The summed E-state index contributed by atoms with van der Waals surface area (Å²) < 4.78 is 5.72. The maximum atomic E-state index is 12.5. The second kappa shape index (κ2) is 3.75. The van der Waals surface area contributed by atoms with Gasteiger partial charge in [-0.15, -0.1) is 11.6 Å². The van der Waals surface area contributed by atoms with E-state index in [9.17, 15) is 9.59 Å². The van der Waals surface area contributed by atoms with Crippen LogP contribution in [0.5, 0.6) is 0 Å². The molecule has 106 valence electrons. The SMILES string of the molecule is CC(=O)OC12CC(C)(C)CC(=O)C1C1(Cl)CCCC12. The third-order valence-electron chi connectivity index (χ3n) is 5.25. The van der Waals surface area contributed by atoms with Crippen molar-refractivity contribution in [3.8, 4) is 0 Å². The zero-order valence-corrected chi connectivity index (χ0v) is 12.5. The molecule has 3 rings (SSSR count). The number of ketones is 1. The summed E-state index contributed by atoms with van der Waals surface area (Å²) in [6.45, 7) is 5.59. The lowest BCUT2D eigenvalue weighted by Crippen LogP contribution is -2.75. The molecule has 0 aromatic carbocycles. The number of carbonyl (C=O) groups is 2. The molecular formula is C15H21ClO3. The van der Waals surface area contributed by atoms with Gasteiger partial charge in [0.1, 0.15) is 11.4 Å². The summed E-state index contributed by atoms with van der Waals surface area (Å²) in [5.74, 6) is -0.239. The van der Waals surface area contributed by atoms with Crippen LogP contribution in [0.15, 0.2) is 0 Å². The van der Waals surface area contributed by atoms with E-state index >= 15 is 0 Å². The van der Waals surface area contributed by atoms with Gasteiger partial charge in [-0.25, -0.2) is 0 Å². The number of alkyl halides is 1. The molecule has 0 amide bonds. The van der Waals surface area contributed by atoms with E-state index in [2.05, 4.69) is 13.8 Å². The number of rotatable bonds is 1. The average Bonchev–Trinajstić information content (AvgIpc) is 2.52. The Bertz CT molecular complexity index is 458. The molecule has 0 bridgehead atoms. The normalized spacial score (nSPS) is 47.1. The molecule has 0 aliphatic heterocycles. The standard InChI is InChI=1S/C15H21ClO3/c1-9(17)19-15-8-13(2,3)7-10(18)12(15)14(16)6-4-5-11(14)15/h11-12H,4-8H2,1-3H3. The molecule has 0 heterocycles. The lowest BCUT2D eigenvalue weighted by Gasteiger charge is -2.65. The Morgan fingerprint density at radius 1 is 1.42 bits per heavy atom. The summed E-state index contributed by atoms with van der Waals surface area (Å²) in [6.07, 6.45) is 4.17. The number of carbonyl (C=O) groups excluding carboxylic acids is 2. The van der Waals surface area contributed by atoms with E-state index < -0.39 is 10.5 Å². The zero-order chi connectivity index (χ0) is 14.1. The molecule has 0 aromatic heterocycles. The number of esters is 1. The highest BCUT2D eigenvalue weighted by Crippen LogP contribution is 2.70. The number of hydrogen-bond donors (Lipinski definition) is 0. The van der Waals surface area contributed by atoms with E-state index in [1.165, 1.54) is 6.92 Å².